The van der Waals surface area contributed by atoms with Gasteiger partial charge in [0, 0.05) is 17.6 Å². The molecule has 0 amide bonds. The molecule has 0 bridgehead atoms. The third-order valence-corrected chi connectivity index (χ3v) is 5.15. The van der Waals surface area contributed by atoms with Crippen LogP contribution in [0.2, 0.25) is 0 Å². The first kappa shape index (κ1) is 15.1. The molecular weight excluding hydrogens is 314 g/mol. The van der Waals surface area contributed by atoms with Crippen LogP contribution in [0, 0.1) is 6.92 Å². The average molecular weight is 330 g/mol. The zero-order chi connectivity index (χ0) is 13.8. The lowest BCUT2D eigenvalue weighted by atomic mass is 10.2. The van der Waals surface area contributed by atoms with Crippen molar-refractivity contribution < 1.29 is 8.42 Å². The minimum Gasteiger partial charge on any atom is -0.207 e. The molecule has 3 nitrogen and oxygen atoms in total. The summed E-state index contributed by atoms with van der Waals surface area (Å²) in [6.07, 6.45) is 3.12. The van der Waals surface area contributed by atoms with E-state index in [0.29, 0.717) is 0 Å². The maximum atomic E-state index is 12.4. The SMILES string of the molecule is C=CCN(CC=C)S(=O)(=O)c1ccc(Br)c(C)c1. The van der Waals surface area contributed by atoms with Crippen LogP contribution >= 0.6 is 15.9 Å². The van der Waals surface area contributed by atoms with Crippen molar-refractivity contribution in [2.45, 2.75) is 11.8 Å². The summed E-state index contributed by atoms with van der Waals surface area (Å²) < 4.78 is 27.0. The predicted molar refractivity (Wildman–Crippen MR) is 78.0 cm³/mol. The first-order chi connectivity index (χ1) is 8.43. The van der Waals surface area contributed by atoms with Gasteiger partial charge in [-0.3, -0.25) is 0 Å². The summed E-state index contributed by atoms with van der Waals surface area (Å²) in [7, 11) is -3.49. The van der Waals surface area contributed by atoms with Crippen molar-refractivity contribution in [1.29, 1.82) is 0 Å². The summed E-state index contributed by atoms with van der Waals surface area (Å²) in [5.41, 5.74) is 0.883. The molecule has 5 heteroatoms. The number of hydrogen-bond acceptors (Lipinski definition) is 2. The number of halogens is 1. The largest absolute Gasteiger partial charge is 0.243 e. The van der Waals surface area contributed by atoms with Crippen LogP contribution in [0.15, 0.2) is 52.9 Å². The van der Waals surface area contributed by atoms with Crippen LogP contribution in [-0.4, -0.2) is 25.8 Å². The summed E-state index contributed by atoms with van der Waals surface area (Å²) in [4.78, 5) is 0.284. The molecule has 0 saturated heterocycles. The van der Waals surface area contributed by atoms with Crippen molar-refractivity contribution in [3.8, 4) is 0 Å². The number of hydrogen-bond donors (Lipinski definition) is 0. The molecule has 0 heterocycles. The Labute approximate surface area is 117 Å². The van der Waals surface area contributed by atoms with Crippen LogP contribution in [0.4, 0.5) is 0 Å². The molecule has 1 rings (SSSR count). The lowest BCUT2D eigenvalue weighted by Gasteiger charge is -2.19. The molecule has 1 aromatic rings. The fourth-order valence-electron chi connectivity index (χ4n) is 1.49. The van der Waals surface area contributed by atoms with E-state index >= 15 is 0 Å². The molecule has 0 N–H and O–H groups in total. The van der Waals surface area contributed by atoms with Crippen LogP contribution in [0.3, 0.4) is 0 Å². The summed E-state index contributed by atoms with van der Waals surface area (Å²) in [5.74, 6) is 0. The Morgan fingerprint density at radius 2 is 1.83 bits per heavy atom. The van der Waals surface area contributed by atoms with Crippen molar-refractivity contribution in [2.75, 3.05) is 13.1 Å². The molecular formula is C13H16BrNO2S. The third-order valence-electron chi connectivity index (χ3n) is 2.43. The molecule has 0 saturated carbocycles. The van der Waals surface area contributed by atoms with Gasteiger partial charge in [0.05, 0.1) is 4.90 Å². The molecule has 0 atom stereocenters. The van der Waals surface area contributed by atoms with Gasteiger partial charge in [0.15, 0.2) is 0 Å². The van der Waals surface area contributed by atoms with Crippen molar-refractivity contribution in [2.24, 2.45) is 0 Å². The second-order valence-electron chi connectivity index (χ2n) is 3.81. The summed E-state index contributed by atoms with van der Waals surface area (Å²) in [6.45, 7) is 9.54. The predicted octanol–water partition coefficient (Wildman–Crippen LogP) is 3.12. The van der Waals surface area contributed by atoms with Gasteiger partial charge in [0.2, 0.25) is 10.0 Å². The Morgan fingerprint density at radius 1 is 1.28 bits per heavy atom. The molecule has 1 aromatic carbocycles. The zero-order valence-electron chi connectivity index (χ0n) is 10.3. The lowest BCUT2D eigenvalue weighted by Crippen LogP contribution is -2.31. The van der Waals surface area contributed by atoms with Gasteiger partial charge in [-0.2, -0.15) is 4.31 Å². The Hall–Kier alpha value is -0.910. The van der Waals surface area contributed by atoms with E-state index in [0.717, 1.165) is 10.0 Å². The normalized spacial score (nSPS) is 11.5. The molecule has 0 aliphatic carbocycles. The Kier molecular flexibility index (Phi) is 5.31. The van der Waals surface area contributed by atoms with Gasteiger partial charge < -0.3 is 0 Å². The third kappa shape index (κ3) is 3.31. The minimum atomic E-state index is -3.49. The van der Waals surface area contributed by atoms with E-state index in [9.17, 15) is 8.42 Å². The first-order valence-electron chi connectivity index (χ1n) is 5.41. The first-order valence-corrected chi connectivity index (χ1v) is 7.65. The van der Waals surface area contributed by atoms with Crippen LogP contribution in [0.1, 0.15) is 5.56 Å². The summed E-state index contributed by atoms with van der Waals surface area (Å²) in [6, 6.07) is 4.98. The Balaban J connectivity index is 3.21. The second-order valence-corrected chi connectivity index (χ2v) is 6.60. The topological polar surface area (TPSA) is 37.4 Å². The van der Waals surface area contributed by atoms with Crippen LogP contribution < -0.4 is 0 Å². The molecule has 0 fully saturated rings. The minimum absolute atomic E-state index is 0.267. The summed E-state index contributed by atoms with van der Waals surface area (Å²) >= 11 is 3.35. The van der Waals surface area contributed by atoms with Gasteiger partial charge in [-0.05, 0) is 30.7 Å². The Bertz CT molecular complexity index is 542. The van der Waals surface area contributed by atoms with E-state index in [1.807, 2.05) is 6.92 Å². The fraction of sp³-hybridized carbons (Fsp3) is 0.231. The molecule has 0 aliphatic heterocycles. The standard InChI is InChI=1S/C13H16BrNO2S/c1-4-8-15(9-5-2)18(16,17)12-6-7-13(14)11(3)10-12/h4-7,10H,1-2,8-9H2,3H3. The van der Waals surface area contributed by atoms with E-state index in [-0.39, 0.29) is 18.0 Å². The van der Waals surface area contributed by atoms with Crippen LogP contribution in [-0.2, 0) is 10.0 Å². The van der Waals surface area contributed by atoms with Gasteiger partial charge in [-0.1, -0.05) is 28.1 Å². The van der Waals surface area contributed by atoms with E-state index in [2.05, 4.69) is 29.1 Å². The second kappa shape index (κ2) is 6.31. The summed E-state index contributed by atoms with van der Waals surface area (Å²) in [5, 5.41) is 0. The maximum Gasteiger partial charge on any atom is 0.243 e. The smallest absolute Gasteiger partial charge is 0.207 e. The van der Waals surface area contributed by atoms with Gasteiger partial charge in [0.1, 0.15) is 0 Å². The van der Waals surface area contributed by atoms with Crippen molar-refractivity contribution >= 4 is 26.0 Å². The van der Waals surface area contributed by atoms with Crippen molar-refractivity contribution in [3.05, 3.63) is 53.5 Å². The highest BCUT2D eigenvalue weighted by atomic mass is 79.9. The number of rotatable bonds is 6. The van der Waals surface area contributed by atoms with Crippen LogP contribution in [0.5, 0.6) is 0 Å². The van der Waals surface area contributed by atoms with Gasteiger partial charge in [0.25, 0.3) is 0 Å². The highest BCUT2D eigenvalue weighted by Gasteiger charge is 2.22. The van der Waals surface area contributed by atoms with Crippen LogP contribution in [0.25, 0.3) is 0 Å². The number of nitrogens with zero attached hydrogens (tertiary/aromatic N) is 1. The van der Waals surface area contributed by atoms with E-state index in [4.69, 9.17) is 0 Å². The van der Waals surface area contributed by atoms with Gasteiger partial charge >= 0.3 is 0 Å². The average Bonchev–Trinajstić information content (AvgIpc) is 2.32. The molecule has 18 heavy (non-hydrogen) atoms. The molecule has 0 aliphatic rings. The highest BCUT2D eigenvalue weighted by molar-refractivity contribution is 9.10. The van der Waals surface area contributed by atoms with Crippen molar-refractivity contribution in [1.82, 2.24) is 4.31 Å². The Morgan fingerprint density at radius 3 is 2.28 bits per heavy atom. The molecule has 98 valence electrons. The quantitative estimate of drug-likeness (QED) is 0.752. The number of benzene rings is 1. The molecule has 0 radical (unpaired) electrons. The lowest BCUT2D eigenvalue weighted by molar-refractivity contribution is 0.474. The monoisotopic (exact) mass is 329 g/mol. The molecule has 0 unspecified atom stereocenters. The van der Waals surface area contributed by atoms with E-state index < -0.39 is 10.0 Å². The van der Waals surface area contributed by atoms with Crippen molar-refractivity contribution in [3.63, 3.8) is 0 Å². The maximum absolute atomic E-state index is 12.4. The number of sulfonamides is 1. The van der Waals surface area contributed by atoms with E-state index in [1.165, 1.54) is 4.31 Å². The molecule has 0 aromatic heterocycles. The molecule has 0 spiro atoms. The van der Waals surface area contributed by atoms with Gasteiger partial charge in [-0.15, -0.1) is 13.2 Å². The number of aryl methyl sites for hydroxylation is 1. The van der Waals surface area contributed by atoms with Gasteiger partial charge in [-0.25, -0.2) is 8.42 Å². The zero-order valence-corrected chi connectivity index (χ0v) is 12.7. The highest BCUT2D eigenvalue weighted by Crippen LogP contribution is 2.22. The fourth-order valence-corrected chi connectivity index (χ4v) is 3.20. The van der Waals surface area contributed by atoms with E-state index in [1.54, 1.807) is 30.4 Å².